The molecule has 6 rings (SSSR count). The predicted molar refractivity (Wildman–Crippen MR) is 118 cm³/mol. The number of benzene rings is 1. The summed E-state index contributed by atoms with van der Waals surface area (Å²) in [6.45, 7) is 3.58. The summed E-state index contributed by atoms with van der Waals surface area (Å²) in [5.41, 5.74) is -1.45. The number of aromatic hydroxyl groups is 1. The molecule has 4 atom stereocenters. The molecule has 8 nitrogen and oxygen atoms in total. The van der Waals surface area contributed by atoms with Crippen molar-refractivity contribution < 1.29 is 23.5 Å². The van der Waals surface area contributed by atoms with Gasteiger partial charge < -0.3 is 19.9 Å². The van der Waals surface area contributed by atoms with Crippen LogP contribution in [0.4, 0.5) is 8.78 Å². The molecular formula is C24H22F2N4O4. The van der Waals surface area contributed by atoms with Crippen LogP contribution in [0.15, 0.2) is 40.8 Å². The maximum absolute atomic E-state index is 13.9. The Balaban J connectivity index is 1.45. The van der Waals surface area contributed by atoms with E-state index >= 15 is 0 Å². The highest BCUT2D eigenvalue weighted by Gasteiger charge is 2.52. The Bertz CT molecular complexity index is 1320. The normalized spacial score (nSPS) is 24.8. The number of pyridine rings is 1. The molecule has 176 valence electrons. The summed E-state index contributed by atoms with van der Waals surface area (Å²) < 4.78 is 28.4. The van der Waals surface area contributed by atoms with Crippen LogP contribution in [0.3, 0.4) is 0 Å². The van der Waals surface area contributed by atoms with E-state index in [1.54, 1.807) is 4.90 Å². The lowest BCUT2D eigenvalue weighted by molar-refractivity contribution is -0.0265. The Morgan fingerprint density at radius 2 is 2.09 bits per heavy atom. The second-order valence-corrected chi connectivity index (χ2v) is 8.90. The van der Waals surface area contributed by atoms with E-state index in [1.165, 1.54) is 16.8 Å². The van der Waals surface area contributed by atoms with Gasteiger partial charge in [0, 0.05) is 42.9 Å². The first-order valence-corrected chi connectivity index (χ1v) is 11.0. The van der Waals surface area contributed by atoms with Gasteiger partial charge in [-0.1, -0.05) is 6.07 Å². The average Bonchev–Trinajstić information content (AvgIpc) is 2.81. The van der Waals surface area contributed by atoms with Gasteiger partial charge >= 0.3 is 0 Å². The first-order chi connectivity index (χ1) is 16.3. The highest BCUT2D eigenvalue weighted by molar-refractivity contribution is 5.99. The molecule has 1 aliphatic carbocycles. The summed E-state index contributed by atoms with van der Waals surface area (Å²) in [5, 5.41) is 13.0. The number of hydrogen-bond donors (Lipinski definition) is 2. The molecule has 1 aromatic heterocycles. The zero-order valence-electron chi connectivity index (χ0n) is 18.1. The molecule has 4 heterocycles. The van der Waals surface area contributed by atoms with Gasteiger partial charge in [0.25, 0.3) is 11.8 Å². The van der Waals surface area contributed by atoms with Gasteiger partial charge in [0.2, 0.25) is 5.43 Å². The molecule has 2 saturated heterocycles. The van der Waals surface area contributed by atoms with E-state index in [-0.39, 0.29) is 47.4 Å². The molecule has 2 unspecified atom stereocenters. The van der Waals surface area contributed by atoms with E-state index < -0.39 is 34.6 Å². The van der Waals surface area contributed by atoms with Crippen molar-refractivity contribution in [3.8, 4) is 5.75 Å². The van der Waals surface area contributed by atoms with Crippen LogP contribution in [-0.2, 0) is 13.1 Å². The van der Waals surface area contributed by atoms with Crippen molar-refractivity contribution in [2.75, 3.05) is 0 Å². The van der Waals surface area contributed by atoms with E-state index in [9.17, 15) is 28.3 Å². The Morgan fingerprint density at radius 1 is 1.29 bits per heavy atom. The zero-order valence-corrected chi connectivity index (χ0v) is 18.1. The third-order valence-corrected chi connectivity index (χ3v) is 7.12. The van der Waals surface area contributed by atoms with Crippen LogP contribution in [0.25, 0.3) is 0 Å². The zero-order chi connectivity index (χ0) is 24.1. The number of halogens is 2. The summed E-state index contributed by atoms with van der Waals surface area (Å²) in [5.74, 6) is -0.963. The summed E-state index contributed by atoms with van der Waals surface area (Å²) in [4.78, 5) is 44.9. The highest BCUT2D eigenvalue weighted by atomic mass is 19.1. The van der Waals surface area contributed by atoms with Gasteiger partial charge in [-0.3, -0.25) is 14.4 Å². The van der Waals surface area contributed by atoms with Gasteiger partial charge in [0.1, 0.15) is 17.2 Å². The van der Waals surface area contributed by atoms with Gasteiger partial charge in [-0.05, 0) is 37.8 Å². The number of carbonyl (C=O) groups excluding carboxylic acids is 2. The van der Waals surface area contributed by atoms with Crippen LogP contribution in [0.1, 0.15) is 45.7 Å². The highest BCUT2D eigenvalue weighted by Crippen LogP contribution is 2.44. The minimum atomic E-state index is -0.980. The number of amides is 2. The van der Waals surface area contributed by atoms with Crippen LogP contribution >= 0.6 is 0 Å². The summed E-state index contributed by atoms with van der Waals surface area (Å²) in [7, 11) is 0. The van der Waals surface area contributed by atoms with Crippen molar-refractivity contribution in [1.82, 2.24) is 14.8 Å². The van der Waals surface area contributed by atoms with E-state index in [1.807, 2.05) is 0 Å². The minimum Gasteiger partial charge on any atom is -0.503 e. The smallest absolute Gasteiger partial charge is 0.275 e. The van der Waals surface area contributed by atoms with Crippen molar-refractivity contribution in [1.29, 1.82) is 0 Å². The van der Waals surface area contributed by atoms with Crippen LogP contribution < -0.4 is 10.7 Å². The van der Waals surface area contributed by atoms with Crippen LogP contribution in [0.2, 0.25) is 0 Å². The largest absolute Gasteiger partial charge is 0.503 e. The molecule has 4 aliphatic rings. The molecule has 2 N–H and O–H groups in total. The van der Waals surface area contributed by atoms with Gasteiger partial charge in [-0.25, -0.2) is 13.8 Å². The third-order valence-electron chi connectivity index (χ3n) is 7.12. The average molecular weight is 468 g/mol. The first kappa shape index (κ1) is 22.0. The summed E-state index contributed by atoms with van der Waals surface area (Å²) >= 11 is 0. The Kier molecular flexibility index (Phi) is 5.32. The lowest BCUT2D eigenvalue weighted by atomic mass is 9.70. The summed E-state index contributed by atoms with van der Waals surface area (Å²) in [6.07, 6.45) is 3.65. The molecule has 34 heavy (non-hydrogen) atoms. The fourth-order valence-corrected chi connectivity index (χ4v) is 5.57. The molecule has 10 heteroatoms. The maximum Gasteiger partial charge on any atom is 0.275 e. The van der Waals surface area contributed by atoms with E-state index in [0.717, 1.165) is 18.9 Å². The third kappa shape index (κ3) is 3.42. The number of carbonyl (C=O) groups is 2. The summed E-state index contributed by atoms with van der Waals surface area (Å²) in [6, 6.07) is 2.69. The fourth-order valence-electron chi connectivity index (χ4n) is 5.57. The number of nitrogens with one attached hydrogen (secondary N) is 1. The number of hydrogen-bond acceptors (Lipinski definition) is 5. The van der Waals surface area contributed by atoms with Crippen molar-refractivity contribution in [3.05, 3.63) is 69.7 Å². The number of aliphatic imine (C=N–C) groups is 1. The molecule has 3 fully saturated rings. The molecular weight excluding hydrogens is 446 g/mol. The maximum atomic E-state index is 13.9. The van der Waals surface area contributed by atoms with E-state index in [4.69, 9.17) is 0 Å². The Hall–Kier alpha value is -3.78. The number of rotatable bonds is 4. The van der Waals surface area contributed by atoms with Gasteiger partial charge in [0.05, 0.1) is 12.1 Å². The molecule has 2 amide bonds. The lowest BCUT2D eigenvalue weighted by Crippen LogP contribution is -2.65. The van der Waals surface area contributed by atoms with Crippen molar-refractivity contribution in [2.24, 2.45) is 10.9 Å². The fraction of sp³-hybridized carbons (Fsp3) is 0.375. The molecule has 2 aromatic rings. The number of nitrogens with zero attached hydrogens (tertiary/aromatic N) is 3. The number of fused-ring (bicyclic) bond motifs is 3. The first-order valence-electron chi connectivity index (χ1n) is 11.0. The Labute approximate surface area is 193 Å². The monoisotopic (exact) mass is 468 g/mol. The Morgan fingerprint density at radius 3 is 2.82 bits per heavy atom. The van der Waals surface area contributed by atoms with Crippen molar-refractivity contribution >= 4 is 17.7 Å². The lowest BCUT2D eigenvalue weighted by Gasteiger charge is -2.55. The molecule has 1 aromatic carbocycles. The standard InChI is InChI=1S/C24H22F2N4O4/c1-2-27-18-8-14-5-6-15(18)19-11-29-10-16(21(31)22(32)20(29)24(34)30(14)19)23(33)28-9-12-3-4-13(25)7-17(12)26/h3-4,7,10,14-15,18-19,32H,1,5-6,8-9,11H2,(H,28,33)/t14-,15?,18?,19-/m1/s1. The molecule has 3 aliphatic heterocycles. The second kappa shape index (κ2) is 8.22. The van der Waals surface area contributed by atoms with Crippen molar-refractivity contribution in [3.63, 3.8) is 0 Å². The van der Waals surface area contributed by atoms with Crippen LogP contribution in [0.5, 0.6) is 5.75 Å². The van der Waals surface area contributed by atoms with Gasteiger partial charge in [-0.2, -0.15) is 0 Å². The SMILES string of the molecule is C=C=NC1C[C@H]2CCC1[C@H]1Cn3cc(C(=O)NCc4ccc(F)cc4F)c(=O)c(O)c3C(=O)N21. The second-order valence-electron chi connectivity index (χ2n) is 8.90. The molecule has 1 saturated carbocycles. The predicted octanol–water partition coefficient (Wildman–Crippen LogP) is 1.99. The minimum absolute atomic E-state index is 0.00629. The topological polar surface area (TPSA) is 104 Å². The number of aromatic nitrogens is 1. The molecule has 0 spiro atoms. The van der Waals surface area contributed by atoms with E-state index in [0.29, 0.717) is 19.0 Å². The molecule has 2 bridgehead atoms. The molecule has 0 radical (unpaired) electrons. The van der Waals surface area contributed by atoms with Gasteiger partial charge in [0.15, 0.2) is 11.4 Å². The van der Waals surface area contributed by atoms with Gasteiger partial charge in [-0.15, -0.1) is 0 Å². The van der Waals surface area contributed by atoms with Crippen LogP contribution in [0, 0.1) is 17.6 Å². The van der Waals surface area contributed by atoms with Crippen molar-refractivity contribution in [2.45, 2.75) is 50.5 Å². The number of piperidine rings is 2. The quantitative estimate of drug-likeness (QED) is 0.670. The van der Waals surface area contributed by atoms with Crippen LogP contribution in [-0.4, -0.2) is 50.4 Å². The van der Waals surface area contributed by atoms with E-state index in [2.05, 4.69) is 22.8 Å².